The van der Waals surface area contributed by atoms with Crippen molar-refractivity contribution in [3.05, 3.63) is 182 Å². The standard InChI is InChI=1S/C51H30N4S/c1-2-12-33(13-3-1)49-52-50(54-51(53-49)36-25-28-46-42(30-36)39-18-6-7-22-45(39)56-46)35-24-26-37-34(29-35)16-10-20-43(37)55-44-21-9-15-32-14-8-19-40(47(32)44)41-27-23-31-11-4-5-17-38(31)48(41)55/h1-30H. The van der Waals surface area contributed by atoms with E-state index in [-0.39, 0.29) is 0 Å². The van der Waals surface area contributed by atoms with Gasteiger partial charge < -0.3 is 4.90 Å². The zero-order valence-electron chi connectivity index (χ0n) is 30.0. The molecule has 3 heterocycles. The second-order valence-corrected chi connectivity index (χ2v) is 15.5. The van der Waals surface area contributed by atoms with Gasteiger partial charge in [-0.15, -0.1) is 11.3 Å². The molecule has 0 unspecified atom stereocenters. The molecule has 11 aromatic rings. The molecule has 0 saturated carbocycles. The first-order valence-corrected chi connectivity index (χ1v) is 19.7. The molecule has 1 aliphatic rings. The number of aromatic nitrogens is 3. The van der Waals surface area contributed by atoms with Gasteiger partial charge in [0.05, 0.1) is 17.1 Å². The summed E-state index contributed by atoms with van der Waals surface area (Å²) in [6.45, 7) is 0. The Morgan fingerprint density at radius 3 is 1.86 bits per heavy atom. The van der Waals surface area contributed by atoms with E-state index in [2.05, 4.69) is 169 Å². The zero-order chi connectivity index (χ0) is 36.7. The average Bonchev–Trinajstić information content (AvgIpc) is 3.64. The van der Waals surface area contributed by atoms with Crippen molar-refractivity contribution in [1.29, 1.82) is 0 Å². The third kappa shape index (κ3) is 4.75. The number of nitrogens with zero attached hydrogens (tertiary/aromatic N) is 4. The van der Waals surface area contributed by atoms with E-state index in [0.29, 0.717) is 17.5 Å². The van der Waals surface area contributed by atoms with Crippen LogP contribution in [0.5, 0.6) is 0 Å². The lowest BCUT2D eigenvalue weighted by molar-refractivity contribution is 1.08. The molecule has 0 saturated heterocycles. The molecule has 5 heteroatoms. The van der Waals surface area contributed by atoms with Gasteiger partial charge in [0.1, 0.15) is 0 Å². The topological polar surface area (TPSA) is 41.9 Å². The molecule has 0 amide bonds. The van der Waals surface area contributed by atoms with Crippen molar-refractivity contribution in [3.8, 4) is 45.3 Å². The zero-order valence-corrected chi connectivity index (χ0v) is 30.8. The minimum Gasteiger partial charge on any atom is -0.308 e. The first-order chi connectivity index (χ1) is 27.7. The summed E-state index contributed by atoms with van der Waals surface area (Å²) in [5.41, 5.74) is 8.88. The molecule has 56 heavy (non-hydrogen) atoms. The summed E-state index contributed by atoms with van der Waals surface area (Å²) in [5, 5.41) is 9.68. The second kappa shape index (κ2) is 12.2. The molecule has 260 valence electrons. The summed E-state index contributed by atoms with van der Waals surface area (Å²) in [6.07, 6.45) is 0. The highest BCUT2D eigenvalue weighted by Gasteiger charge is 2.28. The van der Waals surface area contributed by atoms with Gasteiger partial charge in [-0.05, 0) is 64.2 Å². The van der Waals surface area contributed by atoms with Crippen LogP contribution in [0.15, 0.2) is 182 Å². The SMILES string of the molecule is c1ccc(-c2nc(-c3ccc4c(N5c6c(ccc7ccccc67)-c6cccc7cccc5c67)cccc4c3)nc(-c3ccc4sc5ccccc5c4c3)n2)cc1. The Kier molecular flexibility index (Phi) is 6.76. The minimum absolute atomic E-state index is 0.643. The molecular weight excluding hydrogens is 701 g/mol. The van der Waals surface area contributed by atoms with E-state index < -0.39 is 0 Å². The van der Waals surface area contributed by atoms with E-state index in [0.717, 1.165) is 33.2 Å². The Labute approximate surface area is 326 Å². The third-order valence-electron chi connectivity index (χ3n) is 11.2. The molecule has 0 N–H and O–H groups in total. The predicted molar refractivity (Wildman–Crippen MR) is 235 cm³/mol. The van der Waals surface area contributed by atoms with Crippen molar-refractivity contribution in [2.24, 2.45) is 0 Å². The Morgan fingerprint density at radius 2 is 1.00 bits per heavy atom. The molecule has 4 nitrogen and oxygen atoms in total. The van der Waals surface area contributed by atoms with Crippen molar-refractivity contribution >= 4 is 80.9 Å². The highest BCUT2D eigenvalue weighted by Crippen LogP contribution is 2.54. The van der Waals surface area contributed by atoms with Gasteiger partial charge in [-0.1, -0.05) is 140 Å². The normalized spacial score (nSPS) is 12.2. The van der Waals surface area contributed by atoms with E-state index in [1.807, 2.05) is 29.5 Å². The van der Waals surface area contributed by atoms with E-state index in [4.69, 9.17) is 15.0 Å². The van der Waals surface area contributed by atoms with Gasteiger partial charge in [0.25, 0.3) is 0 Å². The van der Waals surface area contributed by atoms with Crippen LogP contribution >= 0.6 is 11.3 Å². The average molecular weight is 731 g/mol. The molecule has 0 radical (unpaired) electrons. The number of hydrogen-bond donors (Lipinski definition) is 0. The summed E-state index contributed by atoms with van der Waals surface area (Å²) in [6, 6.07) is 65.1. The van der Waals surface area contributed by atoms with Crippen LogP contribution in [0.25, 0.3) is 97.8 Å². The van der Waals surface area contributed by atoms with Gasteiger partial charge in [-0.2, -0.15) is 0 Å². The molecule has 12 rings (SSSR count). The van der Waals surface area contributed by atoms with Gasteiger partial charge >= 0.3 is 0 Å². The first kappa shape index (κ1) is 31.2. The maximum atomic E-state index is 5.18. The van der Waals surface area contributed by atoms with Crippen LogP contribution in [0.4, 0.5) is 17.1 Å². The number of rotatable bonds is 4. The Bertz CT molecular complexity index is 3380. The van der Waals surface area contributed by atoms with Gasteiger partial charge in [-0.25, -0.2) is 15.0 Å². The van der Waals surface area contributed by atoms with E-state index in [1.165, 1.54) is 64.2 Å². The molecule has 0 atom stereocenters. The lowest BCUT2D eigenvalue weighted by Gasteiger charge is -2.35. The fourth-order valence-corrected chi connectivity index (χ4v) is 9.72. The van der Waals surface area contributed by atoms with E-state index >= 15 is 0 Å². The van der Waals surface area contributed by atoms with Crippen molar-refractivity contribution in [1.82, 2.24) is 15.0 Å². The minimum atomic E-state index is 0.643. The van der Waals surface area contributed by atoms with Gasteiger partial charge in [0.2, 0.25) is 0 Å². The van der Waals surface area contributed by atoms with Crippen LogP contribution in [0.3, 0.4) is 0 Å². The van der Waals surface area contributed by atoms with Crippen molar-refractivity contribution in [2.75, 3.05) is 4.90 Å². The molecular formula is C51H30N4S. The van der Waals surface area contributed by atoms with Crippen LogP contribution in [-0.2, 0) is 0 Å². The Morgan fingerprint density at radius 1 is 0.357 bits per heavy atom. The van der Waals surface area contributed by atoms with Gasteiger partial charge in [-0.3, -0.25) is 0 Å². The molecule has 9 aromatic carbocycles. The van der Waals surface area contributed by atoms with Crippen molar-refractivity contribution in [3.63, 3.8) is 0 Å². The lowest BCUT2D eigenvalue weighted by atomic mass is 9.88. The maximum absolute atomic E-state index is 5.18. The summed E-state index contributed by atoms with van der Waals surface area (Å²) in [7, 11) is 0. The summed E-state index contributed by atoms with van der Waals surface area (Å²) in [4.78, 5) is 17.8. The number of fused-ring (bicyclic) bond motifs is 8. The molecule has 2 aromatic heterocycles. The monoisotopic (exact) mass is 730 g/mol. The third-order valence-corrected chi connectivity index (χ3v) is 12.3. The van der Waals surface area contributed by atoms with Crippen molar-refractivity contribution in [2.45, 2.75) is 0 Å². The Balaban J connectivity index is 1.05. The van der Waals surface area contributed by atoms with Crippen LogP contribution in [0.2, 0.25) is 0 Å². The smallest absolute Gasteiger partial charge is 0.164 e. The van der Waals surface area contributed by atoms with Gasteiger partial charge in [0, 0.05) is 58.6 Å². The molecule has 0 aliphatic carbocycles. The number of anilines is 3. The van der Waals surface area contributed by atoms with Crippen molar-refractivity contribution < 1.29 is 0 Å². The van der Waals surface area contributed by atoms with Crippen LogP contribution in [0.1, 0.15) is 0 Å². The fourth-order valence-electron chi connectivity index (χ4n) is 8.63. The molecule has 0 bridgehead atoms. The van der Waals surface area contributed by atoms with Gasteiger partial charge in [0.15, 0.2) is 17.5 Å². The highest BCUT2D eigenvalue weighted by molar-refractivity contribution is 7.25. The number of hydrogen-bond acceptors (Lipinski definition) is 5. The second-order valence-electron chi connectivity index (χ2n) is 14.4. The molecule has 0 spiro atoms. The van der Waals surface area contributed by atoms with Crippen LogP contribution in [0, 0.1) is 0 Å². The number of thiophene rings is 1. The van der Waals surface area contributed by atoms with Crippen LogP contribution in [-0.4, -0.2) is 15.0 Å². The predicted octanol–water partition coefficient (Wildman–Crippen LogP) is 14.2. The largest absolute Gasteiger partial charge is 0.308 e. The lowest BCUT2D eigenvalue weighted by Crippen LogP contribution is -2.16. The van der Waals surface area contributed by atoms with E-state index in [1.54, 1.807) is 0 Å². The first-order valence-electron chi connectivity index (χ1n) is 18.9. The van der Waals surface area contributed by atoms with E-state index in [9.17, 15) is 0 Å². The maximum Gasteiger partial charge on any atom is 0.164 e. The summed E-state index contributed by atoms with van der Waals surface area (Å²) >= 11 is 1.81. The van der Waals surface area contributed by atoms with Crippen LogP contribution < -0.4 is 4.90 Å². The highest BCUT2D eigenvalue weighted by atomic mass is 32.1. The summed E-state index contributed by atoms with van der Waals surface area (Å²) < 4.78 is 2.53. The summed E-state index contributed by atoms with van der Waals surface area (Å²) in [5.74, 6) is 1.95. The fraction of sp³-hybridized carbons (Fsp3) is 0. The molecule has 0 fully saturated rings. The quantitative estimate of drug-likeness (QED) is 0.181. The Hall–Kier alpha value is -7.21. The number of benzene rings is 9. The molecule has 1 aliphatic heterocycles.